The molecule has 0 bridgehead atoms. The molecule has 0 atom stereocenters. The number of nitrogens with zero attached hydrogens (tertiary/aromatic N) is 2. The van der Waals surface area contributed by atoms with E-state index in [4.69, 9.17) is 10.00 Å². The van der Waals surface area contributed by atoms with Gasteiger partial charge in [-0.1, -0.05) is 6.07 Å². The van der Waals surface area contributed by atoms with Crippen molar-refractivity contribution in [3.63, 3.8) is 0 Å². The molecule has 1 aromatic rings. The van der Waals surface area contributed by atoms with Gasteiger partial charge < -0.3 is 15.0 Å². The molecule has 0 unspecified atom stereocenters. The number of hydrogen-bond donors (Lipinski definition) is 1. The molecular weight excluding hydrogens is 254 g/mol. The normalized spacial score (nSPS) is 16.1. The van der Waals surface area contributed by atoms with Crippen molar-refractivity contribution >= 4 is 5.91 Å². The molecule has 1 amide bonds. The number of nitrogens with one attached hydrogen (secondary N) is 1. The number of benzene rings is 1. The molecule has 106 valence electrons. The Morgan fingerprint density at radius 1 is 1.40 bits per heavy atom. The Labute approximate surface area is 119 Å². The molecule has 0 radical (unpaired) electrons. The van der Waals surface area contributed by atoms with Gasteiger partial charge in [-0.3, -0.25) is 4.79 Å². The smallest absolute Gasteiger partial charge is 0.221 e. The van der Waals surface area contributed by atoms with Crippen LogP contribution in [0.25, 0.3) is 0 Å². The van der Waals surface area contributed by atoms with Crippen molar-refractivity contribution in [3.05, 3.63) is 29.8 Å². The molecule has 2 rings (SSSR count). The molecule has 1 saturated heterocycles. The van der Waals surface area contributed by atoms with Crippen LogP contribution in [0.4, 0.5) is 0 Å². The molecule has 5 nitrogen and oxygen atoms in total. The Morgan fingerprint density at radius 3 is 3.15 bits per heavy atom. The lowest BCUT2D eigenvalue weighted by molar-refractivity contribution is -0.120. The molecular formula is C15H19N3O2. The second-order valence-electron chi connectivity index (χ2n) is 4.78. The summed E-state index contributed by atoms with van der Waals surface area (Å²) < 4.78 is 5.63. The van der Waals surface area contributed by atoms with Crippen LogP contribution in [0.3, 0.4) is 0 Å². The van der Waals surface area contributed by atoms with Gasteiger partial charge in [-0.05, 0) is 24.6 Å². The highest BCUT2D eigenvalue weighted by Crippen LogP contribution is 2.12. The van der Waals surface area contributed by atoms with Crippen molar-refractivity contribution in [2.45, 2.75) is 12.8 Å². The fourth-order valence-electron chi connectivity index (χ4n) is 2.17. The van der Waals surface area contributed by atoms with Crippen molar-refractivity contribution in [2.75, 3.05) is 32.8 Å². The Hall–Kier alpha value is -2.06. The minimum atomic E-state index is 0.136. The topological polar surface area (TPSA) is 65.4 Å². The van der Waals surface area contributed by atoms with Gasteiger partial charge in [0, 0.05) is 32.6 Å². The maximum Gasteiger partial charge on any atom is 0.221 e. The van der Waals surface area contributed by atoms with E-state index in [9.17, 15) is 4.79 Å². The highest BCUT2D eigenvalue weighted by Gasteiger charge is 2.12. The van der Waals surface area contributed by atoms with Gasteiger partial charge in [0.2, 0.25) is 5.91 Å². The summed E-state index contributed by atoms with van der Waals surface area (Å²) in [5.74, 6) is 0.869. The summed E-state index contributed by atoms with van der Waals surface area (Å²) in [6.07, 6.45) is 1.48. The summed E-state index contributed by atoms with van der Waals surface area (Å²) in [6.45, 7) is 3.98. The van der Waals surface area contributed by atoms with E-state index in [2.05, 4.69) is 16.3 Å². The van der Waals surface area contributed by atoms with E-state index in [0.717, 1.165) is 38.3 Å². The number of hydrogen-bond acceptors (Lipinski definition) is 4. The Balaban J connectivity index is 1.68. The predicted molar refractivity (Wildman–Crippen MR) is 75.3 cm³/mol. The molecule has 1 aliphatic rings. The molecule has 1 N–H and O–H groups in total. The first-order valence-corrected chi connectivity index (χ1v) is 6.90. The average molecular weight is 273 g/mol. The van der Waals surface area contributed by atoms with Crippen LogP contribution in [-0.2, 0) is 4.79 Å². The predicted octanol–water partition coefficient (Wildman–Crippen LogP) is 1.15. The van der Waals surface area contributed by atoms with E-state index in [1.54, 1.807) is 12.1 Å². The van der Waals surface area contributed by atoms with E-state index >= 15 is 0 Å². The minimum absolute atomic E-state index is 0.136. The molecule has 1 aromatic carbocycles. The van der Waals surface area contributed by atoms with Crippen molar-refractivity contribution in [1.82, 2.24) is 10.2 Å². The lowest BCUT2D eigenvalue weighted by Gasteiger charge is -2.18. The Morgan fingerprint density at radius 2 is 2.30 bits per heavy atom. The molecule has 1 heterocycles. The third-order valence-electron chi connectivity index (χ3n) is 3.26. The largest absolute Gasteiger partial charge is 0.494 e. The average Bonchev–Trinajstić information content (AvgIpc) is 2.68. The van der Waals surface area contributed by atoms with E-state index in [1.165, 1.54) is 0 Å². The second-order valence-corrected chi connectivity index (χ2v) is 4.78. The van der Waals surface area contributed by atoms with Gasteiger partial charge in [0.25, 0.3) is 0 Å². The standard InChI is InChI=1S/C15H19N3O2/c16-12-13-3-1-4-14(11-13)20-10-2-7-18-8-5-15(19)17-6-9-18/h1,3-4,11H,2,5-10H2,(H,17,19). The summed E-state index contributed by atoms with van der Waals surface area (Å²) in [7, 11) is 0. The second kappa shape index (κ2) is 7.51. The lowest BCUT2D eigenvalue weighted by Crippen LogP contribution is -2.30. The third kappa shape index (κ3) is 4.56. The van der Waals surface area contributed by atoms with Gasteiger partial charge in [-0.25, -0.2) is 0 Å². The first-order chi connectivity index (χ1) is 9.78. The zero-order valence-corrected chi connectivity index (χ0v) is 11.5. The molecule has 1 fully saturated rings. The van der Waals surface area contributed by atoms with E-state index in [0.29, 0.717) is 18.6 Å². The first-order valence-electron chi connectivity index (χ1n) is 6.90. The lowest BCUT2D eigenvalue weighted by atomic mass is 10.2. The monoisotopic (exact) mass is 273 g/mol. The van der Waals surface area contributed by atoms with Crippen LogP contribution in [0, 0.1) is 11.3 Å². The number of amides is 1. The van der Waals surface area contributed by atoms with Gasteiger partial charge in [0.05, 0.1) is 18.2 Å². The fraction of sp³-hybridized carbons (Fsp3) is 0.467. The molecule has 0 saturated carbocycles. The summed E-state index contributed by atoms with van der Waals surface area (Å²) >= 11 is 0. The number of rotatable bonds is 5. The summed E-state index contributed by atoms with van der Waals surface area (Å²) in [5.41, 5.74) is 0.611. The Kier molecular flexibility index (Phi) is 5.39. The van der Waals surface area contributed by atoms with Crippen LogP contribution in [0.1, 0.15) is 18.4 Å². The van der Waals surface area contributed by atoms with Crippen LogP contribution in [-0.4, -0.2) is 43.6 Å². The molecule has 0 spiro atoms. The quantitative estimate of drug-likeness (QED) is 0.817. The van der Waals surface area contributed by atoms with E-state index in [1.807, 2.05) is 12.1 Å². The molecule has 5 heteroatoms. The van der Waals surface area contributed by atoms with Crippen LogP contribution < -0.4 is 10.1 Å². The van der Waals surface area contributed by atoms with Crippen molar-refractivity contribution in [1.29, 1.82) is 5.26 Å². The molecule has 1 aliphatic heterocycles. The highest BCUT2D eigenvalue weighted by atomic mass is 16.5. The van der Waals surface area contributed by atoms with E-state index in [-0.39, 0.29) is 5.91 Å². The van der Waals surface area contributed by atoms with Crippen LogP contribution in [0.2, 0.25) is 0 Å². The van der Waals surface area contributed by atoms with Gasteiger partial charge >= 0.3 is 0 Å². The number of carbonyl (C=O) groups is 1. The van der Waals surface area contributed by atoms with Gasteiger partial charge in [0.15, 0.2) is 0 Å². The highest BCUT2D eigenvalue weighted by molar-refractivity contribution is 5.76. The van der Waals surface area contributed by atoms with Crippen LogP contribution >= 0.6 is 0 Å². The third-order valence-corrected chi connectivity index (χ3v) is 3.26. The van der Waals surface area contributed by atoms with Gasteiger partial charge in [0.1, 0.15) is 5.75 Å². The number of ether oxygens (including phenoxy) is 1. The maximum atomic E-state index is 11.2. The van der Waals surface area contributed by atoms with Gasteiger partial charge in [-0.15, -0.1) is 0 Å². The van der Waals surface area contributed by atoms with Crippen molar-refractivity contribution in [2.24, 2.45) is 0 Å². The fourth-order valence-corrected chi connectivity index (χ4v) is 2.17. The SMILES string of the molecule is N#Cc1cccc(OCCCN2CCNC(=O)CC2)c1. The maximum absolute atomic E-state index is 11.2. The van der Waals surface area contributed by atoms with Gasteiger partial charge in [-0.2, -0.15) is 5.26 Å². The zero-order chi connectivity index (χ0) is 14.2. The Bertz CT molecular complexity index is 496. The minimum Gasteiger partial charge on any atom is -0.494 e. The molecule has 20 heavy (non-hydrogen) atoms. The number of carbonyl (C=O) groups excluding carboxylic acids is 1. The van der Waals surface area contributed by atoms with Crippen LogP contribution in [0.15, 0.2) is 24.3 Å². The van der Waals surface area contributed by atoms with Crippen LogP contribution in [0.5, 0.6) is 5.75 Å². The van der Waals surface area contributed by atoms with Crippen molar-refractivity contribution < 1.29 is 9.53 Å². The number of nitriles is 1. The first kappa shape index (κ1) is 14.4. The van der Waals surface area contributed by atoms with Crippen molar-refractivity contribution in [3.8, 4) is 11.8 Å². The molecule has 0 aromatic heterocycles. The summed E-state index contributed by atoms with van der Waals surface area (Å²) in [6, 6.07) is 9.27. The zero-order valence-electron chi connectivity index (χ0n) is 11.5. The summed E-state index contributed by atoms with van der Waals surface area (Å²) in [5, 5.41) is 11.7. The summed E-state index contributed by atoms with van der Waals surface area (Å²) in [4.78, 5) is 13.5. The van der Waals surface area contributed by atoms with E-state index < -0.39 is 0 Å². The molecule has 0 aliphatic carbocycles.